The van der Waals surface area contributed by atoms with Gasteiger partial charge in [0, 0.05) is 40.6 Å². The van der Waals surface area contributed by atoms with Crippen LogP contribution >= 0.6 is 11.3 Å². The largest absolute Gasteiger partial charge is 0.326 e. The molecule has 0 fully saturated rings. The van der Waals surface area contributed by atoms with Crippen LogP contribution in [0.15, 0.2) is 51.7 Å². The van der Waals surface area contributed by atoms with Gasteiger partial charge < -0.3 is 4.98 Å². The van der Waals surface area contributed by atoms with Crippen molar-refractivity contribution in [3.8, 4) is 10.4 Å². The lowest BCUT2D eigenvalue weighted by molar-refractivity contribution is 0.673. The Morgan fingerprint density at radius 1 is 1.23 bits per heavy atom. The van der Waals surface area contributed by atoms with Gasteiger partial charge in [-0.05, 0) is 55.7 Å². The first kappa shape index (κ1) is 18.7. The van der Waals surface area contributed by atoms with Gasteiger partial charge in [-0.2, -0.15) is 0 Å². The molecule has 0 amide bonds. The second kappa shape index (κ2) is 8.53. The van der Waals surface area contributed by atoms with Crippen molar-refractivity contribution in [1.82, 2.24) is 14.7 Å². The van der Waals surface area contributed by atoms with Crippen molar-refractivity contribution >= 4 is 22.3 Å². The Morgan fingerprint density at radius 2 is 2.00 bits per heavy atom. The molecule has 3 heterocycles. The van der Waals surface area contributed by atoms with E-state index >= 15 is 0 Å². The van der Waals surface area contributed by atoms with Gasteiger partial charge in [-0.1, -0.05) is 6.92 Å². The van der Waals surface area contributed by atoms with Crippen LogP contribution in [-0.4, -0.2) is 20.7 Å². The molecule has 7 heteroatoms. The maximum Gasteiger partial charge on any atom is 0.251 e. The van der Waals surface area contributed by atoms with Crippen LogP contribution in [-0.2, 0) is 23.8 Å². The van der Waals surface area contributed by atoms with E-state index in [4.69, 9.17) is 0 Å². The van der Waals surface area contributed by atoms with E-state index in [1.54, 1.807) is 12.4 Å². The Balaban J connectivity index is 1.69. The third kappa shape index (κ3) is 4.35. The van der Waals surface area contributed by atoms with Gasteiger partial charge in [-0.25, -0.2) is 8.93 Å². The number of H-pyrrole nitrogens is 1. The summed E-state index contributed by atoms with van der Waals surface area (Å²) < 4.78 is 16.3. The van der Waals surface area contributed by atoms with Gasteiger partial charge in [0.25, 0.3) is 5.56 Å². The monoisotopic (exact) mass is 387 g/mol. The molecule has 3 aromatic heterocycles. The summed E-state index contributed by atoms with van der Waals surface area (Å²) in [7, 11) is -1.25. The first-order chi connectivity index (χ1) is 12.6. The van der Waals surface area contributed by atoms with Gasteiger partial charge in [0.05, 0.1) is 0 Å². The van der Waals surface area contributed by atoms with Crippen LogP contribution in [0.1, 0.15) is 23.7 Å². The molecule has 0 aliphatic rings. The van der Waals surface area contributed by atoms with Gasteiger partial charge >= 0.3 is 0 Å². The summed E-state index contributed by atoms with van der Waals surface area (Å²) in [6.45, 7) is 4.48. The van der Waals surface area contributed by atoms with E-state index in [1.807, 2.05) is 44.2 Å². The Hall–Kier alpha value is -2.09. The van der Waals surface area contributed by atoms with Crippen molar-refractivity contribution in [2.24, 2.45) is 0 Å². The number of rotatable bonds is 7. The fourth-order valence-corrected chi connectivity index (χ4v) is 4.84. The van der Waals surface area contributed by atoms with Crippen LogP contribution in [0.2, 0.25) is 0 Å². The molecule has 0 bridgehead atoms. The number of thiophene rings is 1. The quantitative estimate of drug-likeness (QED) is 0.654. The summed E-state index contributed by atoms with van der Waals surface area (Å²) in [5.74, 6) is 0. The predicted octanol–water partition coefficient (Wildman–Crippen LogP) is 3.22. The van der Waals surface area contributed by atoms with Gasteiger partial charge in [-0.15, -0.1) is 11.3 Å². The highest BCUT2D eigenvalue weighted by atomic mass is 32.2. The number of aryl methyl sites for hydroxylation is 2. The highest BCUT2D eigenvalue weighted by molar-refractivity contribution is 7.85. The van der Waals surface area contributed by atoms with Crippen molar-refractivity contribution in [2.75, 3.05) is 6.54 Å². The molecule has 5 nitrogen and oxygen atoms in total. The minimum Gasteiger partial charge on any atom is -0.326 e. The molecule has 136 valence electrons. The summed E-state index contributed by atoms with van der Waals surface area (Å²) in [6, 6.07) is 9.69. The van der Waals surface area contributed by atoms with E-state index in [0.717, 1.165) is 37.9 Å². The van der Waals surface area contributed by atoms with Crippen LogP contribution in [0.3, 0.4) is 0 Å². The van der Waals surface area contributed by atoms with Gasteiger partial charge in [0.15, 0.2) is 0 Å². The van der Waals surface area contributed by atoms with Crippen molar-refractivity contribution in [3.63, 3.8) is 0 Å². The highest BCUT2D eigenvalue weighted by Gasteiger charge is 2.12. The molecule has 2 N–H and O–H groups in total. The first-order valence-electron chi connectivity index (χ1n) is 8.45. The molecule has 3 aromatic rings. The van der Waals surface area contributed by atoms with E-state index in [0.29, 0.717) is 13.0 Å². The number of hydrogen-bond acceptors (Lipinski definition) is 4. The van der Waals surface area contributed by atoms with E-state index in [1.165, 1.54) is 11.3 Å². The lowest BCUT2D eigenvalue weighted by atomic mass is 10.1. The minimum atomic E-state index is -1.25. The molecule has 0 saturated heterocycles. The Morgan fingerprint density at radius 3 is 2.73 bits per heavy atom. The standard InChI is InChI=1S/C19H21N3O2S2/c1-3-15-12-16(13(2)22-19(15)23)17-4-5-18(25-17)26(24)21-11-8-14-6-9-20-10-7-14/h4-7,9-10,12,21H,3,8,11H2,1-2H3,(H,22,23). The third-order valence-corrected chi connectivity index (χ3v) is 6.71. The molecule has 0 radical (unpaired) electrons. The summed E-state index contributed by atoms with van der Waals surface area (Å²) >= 11 is 1.48. The van der Waals surface area contributed by atoms with Crippen molar-refractivity contribution in [2.45, 2.75) is 30.9 Å². The second-order valence-electron chi connectivity index (χ2n) is 5.90. The van der Waals surface area contributed by atoms with Crippen molar-refractivity contribution in [3.05, 3.63) is 69.9 Å². The SMILES string of the molecule is CCc1cc(-c2ccc(S(=O)NCCc3ccncc3)s2)c(C)[nH]c1=O. The zero-order chi connectivity index (χ0) is 18.5. The van der Waals surface area contributed by atoms with Gasteiger partial charge in [0.2, 0.25) is 0 Å². The lowest BCUT2D eigenvalue weighted by Crippen LogP contribution is -2.19. The Bertz CT molecular complexity index is 964. The smallest absolute Gasteiger partial charge is 0.251 e. The average molecular weight is 388 g/mol. The first-order valence-corrected chi connectivity index (χ1v) is 10.4. The summed E-state index contributed by atoms with van der Waals surface area (Å²) in [5.41, 5.74) is 3.71. The van der Waals surface area contributed by atoms with E-state index in [2.05, 4.69) is 14.7 Å². The van der Waals surface area contributed by atoms with Crippen LogP contribution in [0, 0.1) is 6.92 Å². The fourth-order valence-electron chi connectivity index (χ4n) is 2.66. The molecule has 1 unspecified atom stereocenters. The third-order valence-electron chi connectivity index (χ3n) is 4.12. The highest BCUT2D eigenvalue weighted by Crippen LogP contribution is 2.31. The molecular weight excluding hydrogens is 366 g/mol. The van der Waals surface area contributed by atoms with Crippen LogP contribution in [0.4, 0.5) is 0 Å². The average Bonchev–Trinajstić information content (AvgIpc) is 3.12. The van der Waals surface area contributed by atoms with Crippen molar-refractivity contribution < 1.29 is 4.21 Å². The number of pyridine rings is 2. The van der Waals surface area contributed by atoms with Crippen LogP contribution < -0.4 is 10.3 Å². The maximum atomic E-state index is 12.5. The Labute approximate surface area is 159 Å². The van der Waals surface area contributed by atoms with Crippen LogP contribution in [0.5, 0.6) is 0 Å². The number of nitrogens with zero attached hydrogens (tertiary/aromatic N) is 1. The Kier molecular flexibility index (Phi) is 6.13. The van der Waals surface area contributed by atoms with E-state index in [-0.39, 0.29) is 5.56 Å². The van der Waals surface area contributed by atoms with Gasteiger partial charge in [-0.3, -0.25) is 9.78 Å². The topological polar surface area (TPSA) is 74.8 Å². The number of aromatic nitrogens is 2. The van der Waals surface area contributed by atoms with Crippen LogP contribution in [0.25, 0.3) is 10.4 Å². The number of nitrogens with one attached hydrogen (secondary N) is 2. The normalized spacial score (nSPS) is 12.2. The summed E-state index contributed by atoms with van der Waals surface area (Å²) in [5, 5.41) is 0. The maximum absolute atomic E-state index is 12.5. The summed E-state index contributed by atoms with van der Waals surface area (Å²) in [4.78, 5) is 19.8. The molecule has 26 heavy (non-hydrogen) atoms. The number of aromatic amines is 1. The molecule has 0 aliphatic carbocycles. The fraction of sp³-hybridized carbons (Fsp3) is 0.263. The molecular formula is C19H21N3O2S2. The molecule has 0 spiro atoms. The van der Waals surface area contributed by atoms with Gasteiger partial charge in [0.1, 0.15) is 15.2 Å². The van der Waals surface area contributed by atoms with E-state index in [9.17, 15) is 9.00 Å². The van der Waals surface area contributed by atoms with E-state index < -0.39 is 11.0 Å². The van der Waals surface area contributed by atoms with Crippen molar-refractivity contribution in [1.29, 1.82) is 0 Å². The number of hydrogen-bond donors (Lipinski definition) is 2. The lowest BCUT2D eigenvalue weighted by Gasteiger charge is -2.06. The summed E-state index contributed by atoms with van der Waals surface area (Å²) in [6.07, 6.45) is 5.00. The molecule has 0 aromatic carbocycles. The molecule has 3 rings (SSSR count). The zero-order valence-corrected chi connectivity index (χ0v) is 16.4. The zero-order valence-electron chi connectivity index (χ0n) is 14.7. The predicted molar refractivity (Wildman–Crippen MR) is 107 cm³/mol. The molecule has 1 atom stereocenters. The minimum absolute atomic E-state index is 0.0353. The molecule has 0 aliphatic heterocycles. The second-order valence-corrected chi connectivity index (χ2v) is 8.51. The molecule has 0 saturated carbocycles.